The average molecular weight is 279 g/mol. The lowest BCUT2D eigenvalue weighted by atomic mass is 9.92. The van der Waals surface area contributed by atoms with Gasteiger partial charge in [0.25, 0.3) is 0 Å². The van der Waals surface area contributed by atoms with Gasteiger partial charge in [-0.25, -0.2) is 4.98 Å². The molecule has 19 heavy (non-hydrogen) atoms. The van der Waals surface area contributed by atoms with Gasteiger partial charge in [0.1, 0.15) is 5.01 Å². The molecule has 0 amide bonds. The van der Waals surface area contributed by atoms with Crippen molar-refractivity contribution >= 4 is 11.3 Å². The number of thiazole rings is 1. The maximum absolute atomic E-state index is 4.71. The van der Waals surface area contributed by atoms with Gasteiger partial charge in [0.2, 0.25) is 0 Å². The number of nitrogens with zero attached hydrogens (tertiary/aromatic N) is 2. The summed E-state index contributed by atoms with van der Waals surface area (Å²) in [5.41, 5.74) is 1.62. The molecule has 2 heterocycles. The Balaban J connectivity index is 1.71. The SMILES string of the molecule is Cc1nc(CN2CC3(CCCC3)NCC2C)sc1C. The number of hydrogen-bond donors (Lipinski definition) is 1. The lowest BCUT2D eigenvalue weighted by Gasteiger charge is -2.45. The Morgan fingerprint density at radius 2 is 2.11 bits per heavy atom. The van der Waals surface area contributed by atoms with E-state index in [1.165, 1.54) is 47.8 Å². The van der Waals surface area contributed by atoms with Crippen molar-refractivity contribution in [3.63, 3.8) is 0 Å². The summed E-state index contributed by atoms with van der Waals surface area (Å²) >= 11 is 1.87. The summed E-state index contributed by atoms with van der Waals surface area (Å²) in [6.07, 6.45) is 5.49. The molecule has 0 bridgehead atoms. The number of nitrogens with one attached hydrogen (secondary N) is 1. The standard InChI is InChI=1S/C15H25N3S/c1-11-8-16-15(6-4-5-7-15)10-18(11)9-14-17-12(2)13(3)19-14/h11,16H,4-10H2,1-3H3. The summed E-state index contributed by atoms with van der Waals surface area (Å²) < 4.78 is 0. The highest BCUT2D eigenvalue weighted by Crippen LogP contribution is 2.34. The molecule has 0 radical (unpaired) electrons. The van der Waals surface area contributed by atoms with Crippen LogP contribution in [0, 0.1) is 13.8 Å². The second-order valence-corrected chi connectivity index (χ2v) is 7.66. The van der Waals surface area contributed by atoms with Gasteiger partial charge in [0, 0.05) is 29.5 Å². The lowest BCUT2D eigenvalue weighted by Crippen LogP contribution is -2.62. The van der Waals surface area contributed by atoms with E-state index in [2.05, 4.69) is 31.0 Å². The number of rotatable bonds is 2. The Labute approximate surface area is 120 Å². The zero-order chi connectivity index (χ0) is 13.5. The Bertz CT molecular complexity index is 429. The van der Waals surface area contributed by atoms with Crippen LogP contribution in [0.15, 0.2) is 0 Å². The van der Waals surface area contributed by atoms with Gasteiger partial charge in [-0.3, -0.25) is 4.90 Å². The largest absolute Gasteiger partial charge is 0.308 e. The first kappa shape index (κ1) is 13.5. The third-order valence-corrected chi connectivity index (χ3v) is 5.93. The van der Waals surface area contributed by atoms with Crippen LogP contribution in [-0.2, 0) is 6.54 Å². The van der Waals surface area contributed by atoms with E-state index >= 15 is 0 Å². The van der Waals surface area contributed by atoms with Crippen molar-refractivity contribution in [1.82, 2.24) is 15.2 Å². The van der Waals surface area contributed by atoms with Crippen molar-refractivity contribution in [2.24, 2.45) is 0 Å². The van der Waals surface area contributed by atoms with Gasteiger partial charge in [-0.15, -0.1) is 11.3 Å². The van der Waals surface area contributed by atoms with Gasteiger partial charge < -0.3 is 5.32 Å². The number of piperazine rings is 1. The molecule has 1 aromatic heterocycles. The molecular weight excluding hydrogens is 254 g/mol. The van der Waals surface area contributed by atoms with E-state index in [0.717, 1.165) is 13.1 Å². The van der Waals surface area contributed by atoms with Crippen molar-refractivity contribution < 1.29 is 0 Å². The normalized spacial score (nSPS) is 27.2. The molecule has 1 saturated heterocycles. The fourth-order valence-electron chi connectivity index (χ4n) is 3.47. The molecule has 2 fully saturated rings. The van der Waals surface area contributed by atoms with E-state index in [1.807, 2.05) is 11.3 Å². The second kappa shape index (κ2) is 5.15. The monoisotopic (exact) mass is 279 g/mol. The molecule has 3 nitrogen and oxygen atoms in total. The fourth-order valence-corrected chi connectivity index (χ4v) is 4.43. The molecule has 1 atom stereocenters. The van der Waals surface area contributed by atoms with Crippen molar-refractivity contribution in [2.75, 3.05) is 13.1 Å². The van der Waals surface area contributed by atoms with Gasteiger partial charge in [-0.05, 0) is 33.6 Å². The molecule has 3 rings (SSSR count). The second-order valence-electron chi connectivity index (χ2n) is 6.37. The molecule has 1 spiro atoms. The van der Waals surface area contributed by atoms with E-state index in [4.69, 9.17) is 4.98 Å². The maximum atomic E-state index is 4.71. The molecule has 1 saturated carbocycles. The van der Waals surface area contributed by atoms with Gasteiger partial charge >= 0.3 is 0 Å². The summed E-state index contributed by atoms with van der Waals surface area (Å²) in [7, 11) is 0. The van der Waals surface area contributed by atoms with E-state index in [-0.39, 0.29) is 0 Å². The zero-order valence-electron chi connectivity index (χ0n) is 12.3. The Hall–Kier alpha value is -0.450. The van der Waals surface area contributed by atoms with Crippen LogP contribution >= 0.6 is 11.3 Å². The summed E-state index contributed by atoms with van der Waals surface area (Å²) in [5, 5.41) is 5.11. The van der Waals surface area contributed by atoms with Crippen LogP contribution in [0.4, 0.5) is 0 Å². The van der Waals surface area contributed by atoms with Crippen LogP contribution in [-0.4, -0.2) is 34.6 Å². The molecule has 4 heteroatoms. The smallest absolute Gasteiger partial charge is 0.107 e. The Morgan fingerprint density at radius 1 is 1.37 bits per heavy atom. The van der Waals surface area contributed by atoms with Crippen molar-refractivity contribution in [3.05, 3.63) is 15.6 Å². The first-order chi connectivity index (χ1) is 9.08. The van der Waals surface area contributed by atoms with Gasteiger partial charge in [-0.1, -0.05) is 12.8 Å². The number of aromatic nitrogens is 1. The number of hydrogen-bond acceptors (Lipinski definition) is 4. The van der Waals surface area contributed by atoms with Gasteiger partial charge in [0.05, 0.1) is 12.2 Å². The van der Waals surface area contributed by atoms with Crippen LogP contribution in [0.1, 0.15) is 48.2 Å². The first-order valence-electron chi connectivity index (χ1n) is 7.50. The Morgan fingerprint density at radius 3 is 2.74 bits per heavy atom. The third kappa shape index (κ3) is 2.71. The quantitative estimate of drug-likeness (QED) is 0.902. The highest BCUT2D eigenvalue weighted by Gasteiger charge is 2.39. The zero-order valence-corrected chi connectivity index (χ0v) is 13.1. The minimum absolute atomic E-state index is 0.411. The molecule has 2 aliphatic rings. The minimum Gasteiger partial charge on any atom is -0.308 e. The van der Waals surface area contributed by atoms with Crippen LogP contribution in [0.25, 0.3) is 0 Å². The summed E-state index contributed by atoms with van der Waals surface area (Å²) in [6, 6.07) is 0.621. The van der Waals surface area contributed by atoms with E-state index in [1.54, 1.807) is 0 Å². The maximum Gasteiger partial charge on any atom is 0.107 e. The van der Waals surface area contributed by atoms with Gasteiger partial charge in [0.15, 0.2) is 0 Å². The molecule has 1 aliphatic carbocycles. The van der Waals surface area contributed by atoms with E-state index < -0.39 is 0 Å². The topological polar surface area (TPSA) is 28.2 Å². The van der Waals surface area contributed by atoms with E-state index in [9.17, 15) is 0 Å². The molecule has 1 aromatic rings. The van der Waals surface area contributed by atoms with Gasteiger partial charge in [-0.2, -0.15) is 0 Å². The predicted molar refractivity (Wildman–Crippen MR) is 80.7 cm³/mol. The highest BCUT2D eigenvalue weighted by molar-refractivity contribution is 7.11. The van der Waals surface area contributed by atoms with E-state index in [0.29, 0.717) is 11.6 Å². The summed E-state index contributed by atoms with van der Waals surface area (Å²) in [5.74, 6) is 0. The average Bonchev–Trinajstić information content (AvgIpc) is 2.94. The molecule has 1 N–H and O–H groups in total. The minimum atomic E-state index is 0.411. The van der Waals surface area contributed by atoms with Crippen molar-refractivity contribution in [3.8, 4) is 0 Å². The first-order valence-corrected chi connectivity index (χ1v) is 8.32. The van der Waals surface area contributed by atoms with Crippen molar-refractivity contribution in [2.45, 2.75) is 64.6 Å². The van der Waals surface area contributed by atoms with Crippen LogP contribution in [0.2, 0.25) is 0 Å². The van der Waals surface area contributed by atoms with Crippen LogP contribution in [0.3, 0.4) is 0 Å². The van der Waals surface area contributed by atoms with Crippen LogP contribution in [0.5, 0.6) is 0 Å². The third-order valence-electron chi connectivity index (χ3n) is 4.87. The highest BCUT2D eigenvalue weighted by atomic mass is 32.1. The predicted octanol–water partition coefficient (Wildman–Crippen LogP) is 2.87. The molecule has 0 aromatic carbocycles. The molecule has 1 unspecified atom stereocenters. The van der Waals surface area contributed by atoms with Crippen molar-refractivity contribution in [1.29, 1.82) is 0 Å². The summed E-state index contributed by atoms with van der Waals surface area (Å²) in [4.78, 5) is 8.72. The molecule has 1 aliphatic heterocycles. The van der Waals surface area contributed by atoms with Crippen LogP contribution < -0.4 is 5.32 Å². The molecular formula is C15H25N3S. The number of aryl methyl sites for hydroxylation is 2. The Kier molecular flexibility index (Phi) is 3.67. The summed E-state index contributed by atoms with van der Waals surface area (Å²) in [6.45, 7) is 9.99. The molecule has 106 valence electrons. The fraction of sp³-hybridized carbons (Fsp3) is 0.800. The lowest BCUT2D eigenvalue weighted by molar-refractivity contribution is 0.0826.